The molecule has 2 nitrogen and oxygen atoms in total. The van der Waals surface area contributed by atoms with Crippen LogP contribution in [0, 0.1) is 0 Å². The quantitative estimate of drug-likeness (QED) is 0.682. The molecule has 1 heterocycles. The topological polar surface area (TPSA) is 15.3 Å². The Hall–Kier alpha value is 0.270. The van der Waals surface area contributed by atoms with E-state index in [-0.39, 0.29) is 0 Å². The molecule has 1 aliphatic rings. The van der Waals surface area contributed by atoms with Gasteiger partial charge in [0.2, 0.25) is 0 Å². The van der Waals surface area contributed by atoms with Gasteiger partial charge in [0.25, 0.3) is 0 Å². The number of hydrogen-bond acceptors (Lipinski definition) is 3. The summed E-state index contributed by atoms with van der Waals surface area (Å²) < 4.78 is 0.499. The Balaban J connectivity index is 1.99. The van der Waals surface area contributed by atoms with Gasteiger partial charge in [0, 0.05) is 17.0 Å². The van der Waals surface area contributed by atoms with Crippen LogP contribution in [0.25, 0.3) is 0 Å². The third kappa shape index (κ3) is 7.65. The molecule has 1 fully saturated rings. The summed E-state index contributed by atoms with van der Waals surface area (Å²) in [4.78, 5) is 2.67. The van der Waals surface area contributed by atoms with Gasteiger partial charge in [0.15, 0.2) is 0 Å². The second kappa shape index (κ2) is 9.22. The lowest BCUT2D eigenvalue weighted by Crippen LogP contribution is -2.28. The molecule has 0 unspecified atom stereocenters. The molecular weight excluding hydrogens is 240 g/mol. The van der Waals surface area contributed by atoms with Crippen LogP contribution >= 0.6 is 11.8 Å². The predicted octanol–water partition coefficient (Wildman–Crippen LogP) is 3.37. The Kier molecular flexibility index (Phi) is 8.36. The average molecular weight is 273 g/mol. The third-order valence-electron chi connectivity index (χ3n) is 3.69. The summed E-state index contributed by atoms with van der Waals surface area (Å²) >= 11 is 2.15. The Morgan fingerprint density at radius 3 is 2.72 bits per heavy atom. The highest BCUT2D eigenvalue weighted by atomic mass is 32.2. The van der Waals surface area contributed by atoms with Crippen LogP contribution in [-0.2, 0) is 0 Å². The fourth-order valence-corrected chi connectivity index (χ4v) is 3.49. The van der Waals surface area contributed by atoms with Gasteiger partial charge in [-0.15, -0.1) is 0 Å². The second-order valence-corrected chi connectivity index (χ2v) is 7.81. The molecule has 1 saturated heterocycles. The summed E-state index contributed by atoms with van der Waals surface area (Å²) in [5.41, 5.74) is 0. The van der Waals surface area contributed by atoms with Crippen LogP contribution in [0.3, 0.4) is 0 Å². The first kappa shape index (κ1) is 16.3. The zero-order valence-corrected chi connectivity index (χ0v) is 13.5. The normalized spacial score (nSPS) is 20.8. The van der Waals surface area contributed by atoms with Gasteiger partial charge in [-0.1, -0.05) is 27.2 Å². The number of thioether (sulfide) groups is 1. The van der Waals surface area contributed by atoms with E-state index in [9.17, 15) is 0 Å². The largest absolute Gasteiger partial charge is 0.317 e. The lowest BCUT2D eigenvalue weighted by Gasteiger charge is -2.22. The second-order valence-electron chi connectivity index (χ2n) is 6.01. The SMILES string of the molecule is CCCNCCCCCN1CCSC(C)(C)CC1. The summed E-state index contributed by atoms with van der Waals surface area (Å²) in [5.74, 6) is 1.31. The standard InChI is InChI=1S/C15H32N2S/c1-4-9-16-10-6-5-7-11-17-12-8-15(2,3)18-14-13-17/h16H,4-14H2,1-3H3. The highest BCUT2D eigenvalue weighted by Crippen LogP contribution is 2.30. The fraction of sp³-hybridized carbons (Fsp3) is 1.00. The van der Waals surface area contributed by atoms with Crippen LogP contribution in [0.1, 0.15) is 52.9 Å². The zero-order valence-electron chi connectivity index (χ0n) is 12.6. The lowest BCUT2D eigenvalue weighted by molar-refractivity contribution is 0.277. The molecule has 108 valence electrons. The molecule has 0 amide bonds. The molecule has 1 rings (SSSR count). The molecule has 0 aliphatic carbocycles. The summed E-state index contributed by atoms with van der Waals surface area (Å²) in [7, 11) is 0. The van der Waals surface area contributed by atoms with Crippen LogP contribution in [0.15, 0.2) is 0 Å². The van der Waals surface area contributed by atoms with Crippen molar-refractivity contribution in [1.82, 2.24) is 10.2 Å². The van der Waals surface area contributed by atoms with E-state index in [2.05, 4.69) is 42.7 Å². The molecule has 0 bridgehead atoms. The maximum absolute atomic E-state index is 3.48. The Morgan fingerprint density at radius 1 is 1.11 bits per heavy atom. The summed E-state index contributed by atoms with van der Waals surface area (Å²) in [6.07, 6.45) is 6.69. The van der Waals surface area contributed by atoms with Crippen molar-refractivity contribution in [3.8, 4) is 0 Å². The van der Waals surface area contributed by atoms with E-state index in [0.717, 1.165) is 0 Å². The predicted molar refractivity (Wildman–Crippen MR) is 84.6 cm³/mol. The van der Waals surface area contributed by atoms with Gasteiger partial charge in [-0.3, -0.25) is 0 Å². The van der Waals surface area contributed by atoms with Crippen molar-refractivity contribution in [1.29, 1.82) is 0 Å². The average Bonchev–Trinajstić information content (AvgIpc) is 2.50. The lowest BCUT2D eigenvalue weighted by atomic mass is 10.1. The number of rotatable bonds is 8. The van der Waals surface area contributed by atoms with E-state index in [1.165, 1.54) is 70.6 Å². The van der Waals surface area contributed by atoms with Crippen molar-refractivity contribution in [2.75, 3.05) is 38.5 Å². The van der Waals surface area contributed by atoms with Gasteiger partial charge in [0.1, 0.15) is 0 Å². The van der Waals surface area contributed by atoms with E-state index >= 15 is 0 Å². The molecule has 0 spiro atoms. The number of nitrogens with zero attached hydrogens (tertiary/aromatic N) is 1. The van der Waals surface area contributed by atoms with Crippen molar-refractivity contribution >= 4 is 11.8 Å². The van der Waals surface area contributed by atoms with Gasteiger partial charge in [-0.2, -0.15) is 11.8 Å². The molecule has 0 aromatic heterocycles. The van der Waals surface area contributed by atoms with Crippen molar-refractivity contribution in [2.24, 2.45) is 0 Å². The van der Waals surface area contributed by atoms with E-state index in [1.54, 1.807) is 0 Å². The molecule has 0 radical (unpaired) electrons. The minimum absolute atomic E-state index is 0.499. The highest BCUT2D eigenvalue weighted by molar-refractivity contribution is 8.00. The van der Waals surface area contributed by atoms with Gasteiger partial charge >= 0.3 is 0 Å². The van der Waals surface area contributed by atoms with Crippen LogP contribution in [-0.4, -0.2) is 48.1 Å². The minimum Gasteiger partial charge on any atom is -0.317 e. The fourth-order valence-electron chi connectivity index (χ4n) is 2.35. The highest BCUT2D eigenvalue weighted by Gasteiger charge is 2.23. The van der Waals surface area contributed by atoms with Crippen LogP contribution < -0.4 is 5.32 Å². The number of unbranched alkanes of at least 4 members (excludes halogenated alkanes) is 2. The summed E-state index contributed by atoms with van der Waals surface area (Å²) in [6, 6.07) is 0. The van der Waals surface area contributed by atoms with Crippen LogP contribution in [0.5, 0.6) is 0 Å². The van der Waals surface area contributed by atoms with E-state index in [4.69, 9.17) is 0 Å². The Morgan fingerprint density at radius 2 is 1.94 bits per heavy atom. The maximum Gasteiger partial charge on any atom is 0.0116 e. The molecule has 1 aliphatic heterocycles. The van der Waals surface area contributed by atoms with Gasteiger partial charge in [-0.05, 0) is 51.9 Å². The summed E-state index contributed by atoms with van der Waals surface area (Å²) in [5, 5.41) is 3.48. The Bertz CT molecular complexity index is 207. The van der Waals surface area contributed by atoms with Crippen LogP contribution in [0.4, 0.5) is 0 Å². The maximum atomic E-state index is 3.48. The van der Waals surface area contributed by atoms with Crippen molar-refractivity contribution in [3.63, 3.8) is 0 Å². The van der Waals surface area contributed by atoms with E-state index in [1.807, 2.05) is 0 Å². The van der Waals surface area contributed by atoms with Crippen molar-refractivity contribution in [2.45, 2.75) is 57.6 Å². The van der Waals surface area contributed by atoms with Gasteiger partial charge in [-0.25, -0.2) is 0 Å². The monoisotopic (exact) mass is 272 g/mol. The molecule has 3 heteroatoms. The molecule has 0 saturated carbocycles. The van der Waals surface area contributed by atoms with Gasteiger partial charge < -0.3 is 10.2 Å². The Labute approximate surface area is 118 Å². The minimum atomic E-state index is 0.499. The first-order valence-electron chi connectivity index (χ1n) is 7.71. The molecule has 1 N–H and O–H groups in total. The molecular formula is C15H32N2S. The molecule has 0 aromatic carbocycles. The summed E-state index contributed by atoms with van der Waals surface area (Å²) in [6.45, 7) is 13.3. The van der Waals surface area contributed by atoms with E-state index in [0.29, 0.717) is 4.75 Å². The first-order valence-corrected chi connectivity index (χ1v) is 8.69. The van der Waals surface area contributed by atoms with Gasteiger partial charge in [0.05, 0.1) is 0 Å². The first-order chi connectivity index (χ1) is 8.64. The molecule has 18 heavy (non-hydrogen) atoms. The van der Waals surface area contributed by atoms with Crippen molar-refractivity contribution in [3.05, 3.63) is 0 Å². The third-order valence-corrected chi connectivity index (χ3v) is 5.06. The molecule has 0 atom stereocenters. The number of hydrogen-bond donors (Lipinski definition) is 1. The van der Waals surface area contributed by atoms with Crippen LogP contribution in [0.2, 0.25) is 0 Å². The number of nitrogens with one attached hydrogen (secondary N) is 1. The van der Waals surface area contributed by atoms with Crippen molar-refractivity contribution < 1.29 is 0 Å². The van der Waals surface area contributed by atoms with E-state index < -0.39 is 0 Å². The zero-order chi connectivity index (χ0) is 13.3. The molecule has 0 aromatic rings. The smallest absolute Gasteiger partial charge is 0.0116 e.